The molecule has 0 saturated carbocycles. The highest BCUT2D eigenvalue weighted by atomic mass is 16.4. The second-order valence-electron chi connectivity index (χ2n) is 7.12. The van der Waals surface area contributed by atoms with Crippen LogP contribution in [0.4, 0.5) is 0 Å². The fourth-order valence-electron chi connectivity index (χ4n) is 3.85. The molecule has 1 amide bonds. The second-order valence-corrected chi connectivity index (χ2v) is 7.12. The Hall–Kier alpha value is -3.68. The number of aromatic amines is 1. The van der Waals surface area contributed by atoms with Crippen LogP contribution in [0, 0.1) is 0 Å². The van der Waals surface area contributed by atoms with Gasteiger partial charge in [0.2, 0.25) is 5.91 Å². The highest BCUT2D eigenvalue weighted by molar-refractivity contribution is 5.87. The molecule has 1 aliphatic heterocycles. The smallest absolute Gasteiger partial charge is 0.329 e. The number of fused-ring (bicyclic) bond motifs is 2. The lowest BCUT2D eigenvalue weighted by Crippen LogP contribution is -2.52. The number of nitrogens with zero attached hydrogens (tertiary/aromatic N) is 2. The molecule has 0 radical (unpaired) electrons. The Balaban J connectivity index is 1.76. The summed E-state index contributed by atoms with van der Waals surface area (Å²) in [6.45, 7) is 1.55. The van der Waals surface area contributed by atoms with E-state index in [1.165, 1.54) is 11.8 Å². The number of carbonyl (C=O) groups is 2. The number of rotatable bonds is 3. The van der Waals surface area contributed by atoms with Crippen LogP contribution in [0.15, 0.2) is 58.1 Å². The van der Waals surface area contributed by atoms with Crippen LogP contribution in [0.1, 0.15) is 24.1 Å². The van der Waals surface area contributed by atoms with Crippen molar-refractivity contribution in [1.29, 1.82) is 0 Å². The molecule has 3 aromatic rings. The SMILES string of the molecule is CC(C(=O)N1Cc2ccccc2CC1C(=O)O)n1c(=O)[nH]c2ccccc2c1=O. The van der Waals surface area contributed by atoms with Crippen molar-refractivity contribution >= 4 is 22.8 Å². The summed E-state index contributed by atoms with van der Waals surface area (Å²) in [6.07, 6.45) is 0.174. The number of carboxylic acids is 1. The molecule has 2 unspecified atom stereocenters. The van der Waals surface area contributed by atoms with Crippen molar-refractivity contribution in [2.75, 3.05) is 0 Å². The number of aromatic nitrogens is 2. The van der Waals surface area contributed by atoms with Gasteiger partial charge in [0, 0.05) is 13.0 Å². The average molecular weight is 393 g/mol. The fourth-order valence-corrected chi connectivity index (χ4v) is 3.85. The van der Waals surface area contributed by atoms with Gasteiger partial charge in [-0.3, -0.25) is 9.59 Å². The van der Waals surface area contributed by atoms with Crippen LogP contribution >= 0.6 is 0 Å². The van der Waals surface area contributed by atoms with Gasteiger partial charge in [0.1, 0.15) is 12.1 Å². The normalized spacial score (nSPS) is 17.0. The summed E-state index contributed by atoms with van der Waals surface area (Å²) in [4.78, 5) is 54.2. The zero-order valence-corrected chi connectivity index (χ0v) is 15.7. The maximum Gasteiger partial charge on any atom is 0.329 e. The monoisotopic (exact) mass is 393 g/mol. The molecule has 8 nitrogen and oxygen atoms in total. The first kappa shape index (κ1) is 18.7. The summed E-state index contributed by atoms with van der Waals surface area (Å²) in [7, 11) is 0. The number of benzene rings is 2. The molecule has 8 heteroatoms. The maximum absolute atomic E-state index is 13.2. The number of aliphatic carboxylic acids is 1. The van der Waals surface area contributed by atoms with E-state index in [1.54, 1.807) is 24.3 Å². The van der Waals surface area contributed by atoms with Gasteiger partial charge in [-0.15, -0.1) is 0 Å². The lowest BCUT2D eigenvalue weighted by molar-refractivity contribution is -0.152. The van der Waals surface area contributed by atoms with Crippen LogP contribution in [-0.4, -0.2) is 37.5 Å². The Morgan fingerprint density at radius 1 is 1.07 bits per heavy atom. The number of hydrogen-bond donors (Lipinski definition) is 2. The van der Waals surface area contributed by atoms with E-state index >= 15 is 0 Å². The van der Waals surface area contributed by atoms with Crippen molar-refractivity contribution in [3.8, 4) is 0 Å². The largest absolute Gasteiger partial charge is 0.480 e. The first-order chi connectivity index (χ1) is 13.9. The van der Waals surface area contributed by atoms with E-state index in [9.17, 15) is 24.3 Å². The van der Waals surface area contributed by atoms with Crippen molar-refractivity contribution in [3.63, 3.8) is 0 Å². The molecule has 1 aromatic heterocycles. The Bertz CT molecular complexity index is 1240. The Kier molecular flexibility index (Phi) is 4.54. The van der Waals surface area contributed by atoms with Crippen LogP contribution in [0.5, 0.6) is 0 Å². The quantitative estimate of drug-likeness (QED) is 0.696. The van der Waals surface area contributed by atoms with Crippen LogP contribution in [0.25, 0.3) is 10.9 Å². The number of carboxylic acid groups (broad SMARTS) is 1. The molecule has 0 aliphatic carbocycles. The van der Waals surface area contributed by atoms with E-state index in [0.29, 0.717) is 5.52 Å². The van der Waals surface area contributed by atoms with E-state index in [-0.39, 0.29) is 18.4 Å². The molecule has 0 saturated heterocycles. The number of para-hydroxylation sites is 1. The molecular weight excluding hydrogens is 374 g/mol. The molecule has 148 valence electrons. The average Bonchev–Trinajstić information content (AvgIpc) is 2.72. The van der Waals surface area contributed by atoms with Gasteiger partial charge in [-0.2, -0.15) is 0 Å². The minimum Gasteiger partial charge on any atom is -0.480 e. The zero-order chi connectivity index (χ0) is 20.7. The third-order valence-electron chi connectivity index (χ3n) is 5.40. The zero-order valence-electron chi connectivity index (χ0n) is 15.7. The molecular formula is C21H19N3O5. The molecule has 2 atom stereocenters. The molecule has 2 heterocycles. The minimum atomic E-state index is -1.15. The van der Waals surface area contributed by atoms with Gasteiger partial charge < -0.3 is 15.0 Å². The van der Waals surface area contributed by atoms with Gasteiger partial charge in [-0.1, -0.05) is 36.4 Å². The standard InChI is InChI=1S/C21H19N3O5/c1-12(24-19(26)15-8-4-5-9-16(15)22-21(24)29)18(25)23-11-14-7-3-2-6-13(14)10-17(23)20(27)28/h2-9,12,17H,10-11H2,1H3,(H,22,29)(H,27,28). The van der Waals surface area contributed by atoms with Crippen molar-refractivity contribution in [2.24, 2.45) is 0 Å². The number of hydrogen-bond acceptors (Lipinski definition) is 4. The number of carbonyl (C=O) groups excluding carboxylic acids is 1. The third kappa shape index (κ3) is 3.12. The van der Waals surface area contributed by atoms with E-state index in [4.69, 9.17) is 0 Å². The number of nitrogens with one attached hydrogen (secondary N) is 1. The Morgan fingerprint density at radius 2 is 1.72 bits per heavy atom. The summed E-state index contributed by atoms with van der Waals surface area (Å²) in [5.74, 6) is -1.71. The summed E-state index contributed by atoms with van der Waals surface area (Å²) >= 11 is 0. The van der Waals surface area contributed by atoms with Crippen LogP contribution in [-0.2, 0) is 22.6 Å². The number of amides is 1. The topological polar surface area (TPSA) is 112 Å². The predicted octanol–water partition coefficient (Wildman–Crippen LogP) is 1.29. The Labute approximate surface area is 165 Å². The van der Waals surface area contributed by atoms with Crippen molar-refractivity contribution in [2.45, 2.75) is 32.0 Å². The first-order valence-electron chi connectivity index (χ1n) is 9.22. The molecule has 29 heavy (non-hydrogen) atoms. The summed E-state index contributed by atoms with van der Waals surface area (Å²) in [5.41, 5.74) is 0.810. The highest BCUT2D eigenvalue weighted by Gasteiger charge is 2.37. The van der Waals surface area contributed by atoms with Crippen molar-refractivity contribution in [1.82, 2.24) is 14.5 Å². The van der Waals surface area contributed by atoms with Gasteiger partial charge in [0.05, 0.1) is 10.9 Å². The number of H-pyrrole nitrogens is 1. The molecule has 2 N–H and O–H groups in total. The summed E-state index contributed by atoms with van der Waals surface area (Å²) < 4.78 is 0.851. The summed E-state index contributed by atoms with van der Waals surface area (Å²) in [5, 5.41) is 9.94. The molecule has 4 rings (SSSR count). The van der Waals surface area contributed by atoms with Gasteiger partial charge in [0.15, 0.2) is 0 Å². The molecule has 0 bridgehead atoms. The predicted molar refractivity (Wildman–Crippen MR) is 106 cm³/mol. The van der Waals surface area contributed by atoms with Crippen LogP contribution in [0.2, 0.25) is 0 Å². The summed E-state index contributed by atoms with van der Waals surface area (Å²) in [6, 6.07) is 11.7. The van der Waals surface area contributed by atoms with E-state index in [1.807, 2.05) is 24.3 Å². The molecule has 2 aromatic carbocycles. The van der Waals surface area contributed by atoms with Crippen molar-refractivity contribution < 1.29 is 14.7 Å². The molecule has 1 aliphatic rings. The van der Waals surface area contributed by atoms with E-state index in [0.717, 1.165) is 15.7 Å². The van der Waals surface area contributed by atoms with Gasteiger partial charge >= 0.3 is 11.7 Å². The van der Waals surface area contributed by atoms with E-state index < -0.39 is 35.2 Å². The van der Waals surface area contributed by atoms with Gasteiger partial charge in [-0.05, 0) is 30.2 Å². The highest BCUT2D eigenvalue weighted by Crippen LogP contribution is 2.25. The lowest BCUT2D eigenvalue weighted by Gasteiger charge is -2.36. The van der Waals surface area contributed by atoms with Crippen LogP contribution in [0.3, 0.4) is 0 Å². The fraction of sp³-hybridized carbons (Fsp3) is 0.238. The van der Waals surface area contributed by atoms with Crippen LogP contribution < -0.4 is 11.2 Å². The minimum absolute atomic E-state index is 0.108. The first-order valence-corrected chi connectivity index (χ1v) is 9.22. The van der Waals surface area contributed by atoms with Gasteiger partial charge in [-0.25, -0.2) is 14.2 Å². The van der Waals surface area contributed by atoms with Crippen molar-refractivity contribution in [3.05, 3.63) is 80.5 Å². The second kappa shape index (κ2) is 7.05. The van der Waals surface area contributed by atoms with E-state index in [2.05, 4.69) is 4.98 Å². The molecule has 0 spiro atoms. The lowest BCUT2D eigenvalue weighted by atomic mass is 9.93. The Morgan fingerprint density at radius 3 is 2.45 bits per heavy atom. The maximum atomic E-state index is 13.2. The molecule has 0 fully saturated rings. The van der Waals surface area contributed by atoms with Gasteiger partial charge in [0.25, 0.3) is 5.56 Å². The third-order valence-corrected chi connectivity index (χ3v) is 5.40.